The first-order valence-electron chi connectivity index (χ1n) is 3.75. The molecule has 0 radical (unpaired) electrons. The average Bonchev–Trinajstić information content (AvgIpc) is 2.09. The molecule has 0 aliphatic rings. The van der Waals surface area contributed by atoms with Gasteiger partial charge in [0.05, 0.1) is 6.54 Å². The summed E-state index contributed by atoms with van der Waals surface area (Å²) in [6.07, 6.45) is 1.69. The first-order valence-corrected chi connectivity index (χ1v) is 4.57. The number of allylic oxidation sites excluding steroid dienone is 1. The van der Waals surface area contributed by atoms with Crippen molar-refractivity contribution in [2.24, 2.45) is 0 Å². The second-order valence-electron chi connectivity index (χ2n) is 2.73. The molecule has 0 N–H and O–H groups in total. The van der Waals surface area contributed by atoms with Gasteiger partial charge in [-0.3, -0.25) is 4.79 Å². The van der Waals surface area contributed by atoms with Crippen LogP contribution < -0.4 is 5.56 Å². The zero-order valence-corrected chi connectivity index (χ0v) is 8.64. The number of aryl methyl sites for hydroxylation is 1. The van der Waals surface area contributed by atoms with E-state index in [-0.39, 0.29) is 5.56 Å². The van der Waals surface area contributed by atoms with Crippen LogP contribution in [-0.2, 0) is 6.54 Å². The number of halogens is 2. The van der Waals surface area contributed by atoms with Gasteiger partial charge in [-0.15, -0.1) is 0 Å². The van der Waals surface area contributed by atoms with Gasteiger partial charge in [-0.05, 0) is 18.6 Å². The van der Waals surface area contributed by atoms with Crippen LogP contribution in [-0.4, -0.2) is 4.57 Å². The second kappa shape index (κ2) is 4.49. The molecule has 0 bridgehead atoms. The fourth-order valence-corrected chi connectivity index (χ4v) is 1.13. The molecule has 0 aliphatic heterocycles. The number of hydrogen-bond donors (Lipinski definition) is 0. The standard InChI is InChI=1S/C9H9Cl2NO/c1-7-2-3-12(9(13)4-7)6-8(11)5-10/h2-5H,6H2,1H3/b8-5-. The minimum Gasteiger partial charge on any atom is -0.310 e. The van der Waals surface area contributed by atoms with Gasteiger partial charge in [0.25, 0.3) is 5.56 Å². The van der Waals surface area contributed by atoms with Crippen molar-refractivity contribution < 1.29 is 0 Å². The summed E-state index contributed by atoms with van der Waals surface area (Å²) >= 11 is 11.1. The Bertz CT molecular complexity index is 381. The molecular formula is C9H9Cl2NO. The molecule has 1 aromatic heterocycles. The van der Waals surface area contributed by atoms with E-state index < -0.39 is 0 Å². The maximum Gasteiger partial charge on any atom is 0.251 e. The van der Waals surface area contributed by atoms with Crippen molar-refractivity contribution in [3.63, 3.8) is 0 Å². The van der Waals surface area contributed by atoms with E-state index >= 15 is 0 Å². The van der Waals surface area contributed by atoms with Crippen molar-refractivity contribution in [1.82, 2.24) is 4.57 Å². The van der Waals surface area contributed by atoms with E-state index in [0.29, 0.717) is 11.6 Å². The lowest BCUT2D eigenvalue weighted by atomic mass is 10.3. The second-order valence-corrected chi connectivity index (χ2v) is 3.43. The van der Waals surface area contributed by atoms with E-state index in [9.17, 15) is 4.79 Å². The smallest absolute Gasteiger partial charge is 0.251 e. The third-order valence-corrected chi connectivity index (χ3v) is 2.20. The highest BCUT2D eigenvalue weighted by atomic mass is 35.5. The molecule has 2 nitrogen and oxygen atoms in total. The van der Waals surface area contributed by atoms with Crippen molar-refractivity contribution in [3.8, 4) is 0 Å². The molecule has 0 fully saturated rings. The minimum absolute atomic E-state index is 0.0725. The van der Waals surface area contributed by atoms with Crippen molar-refractivity contribution in [2.75, 3.05) is 0 Å². The number of rotatable bonds is 2. The summed E-state index contributed by atoms with van der Waals surface area (Å²) < 4.78 is 1.49. The van der Waals surface area contributed by atoms with E-state index in [4.69, 9.17) is 23.2 Å². The highest BCUT2D eigenvalue weighted by Crippen LogP contribution is 2.05. The molecule has 0 amide bonds. The molecule has 1 heterocycles. The van der Waals surface area contributed by atoms with Gasteiger partial charge in [-0.1, -0.05) is 23.2 Å². The first kappa shape index (κ1) is 10.4. The molecular weight excluding hydrogens is 209 g/mol. The molecule has 0 unspecified atom stereocenters. The molecule has 13 heavy (non-hydrogen) atoms. The Morgan fingerprint density at radius 2 is 2.38 bits per heavy atom. The molecule has 70 valence electrons. The first-order chi connectivity index (χ1) is 6.13. The highest BCUT2D eigenvalue weighted by molar-refractivity contribution is 6.36. The van der Waals surface area contributed by atoms with Crippen molar-refractivity contribution >= 4 is 23.2 Å². The maximum absolute atomic E-state index is 11.3. The molecule has 1 aromatic rings. The Morgan fingerprint density at radius 1 is 1.69 bits per heavy atom. The Labute approximate surface area is 86.4 Å². The van der Waals surface area contributed by atoms with Crippen LogP contribution in [0, 0.1) is 6.92 Å². The van der Waals surface area contributed by atoms with Crippen LogP contribution in [0.15, 0.2) is 33.7 Å². The van der Waals surface area contributed by atoms with Gasteiger partial charge >= 0.3 is 0 Å². The number of hydrogen-bond acceptors (Lipinski definition) is 1. The predicted molar refractivity (Wildman–Crippen MR) is 55.2 cm³/mol. The normalized spacial score (nSPS) is 11.8. The van der Waals surface area contributed by atoms with Gasteiger partial charge < -0.3 is 4.57 Å². The fraction of sp³-hybridized carbons (Fsp3) is 0.222. The van der Waals surface area contributed by atoms with Gasteiger partial charge in [0.2, 0.25) is 0 Å². The number of nitrogens with zero attached hydrogens (tertiary/aromatic N) is 1. The topological polar surface area (TPSA) is 22.0 Å². The van der Waals surface area contributed by atoms with Crippen molar-refractivity contribution in [3.05, 3.63) is 44.8 Å². The monoisotopic (exact) mass is 217 g/mol. The van der Waals surface area contributed by atoms with Gasteiger partial charge in [0, 0.05) is 22.8 Å². The van der Waals surface area contributed by atoms with E-state index in [2.05, 4.69) is 0 Å². The molecule has 0 aliphatic carbocycles. The van der Waals surface area contributed by atoms with Crippen LogP contribution in [0.25, 0.3) is 0 Å². The van der Waals surface area contributed by atoms with Crippen LogP contribution in [0.3, 0.4) is 0 Å². The summed E-state index contributed by atoms with van der Waals surface area (Å²) in [5.74, 6) is 0. The third-order valence-electron chi connectivity index (χ3n) is 1.59. The molecule has 0 saturated carbocycles. The Hall–Kier alpha value is -0.730. The quantitative estimate of drug-likeness (QED) is 0.747. The van der Waals surface area contributed by atoms with E-state index in [1.165, 1.54) is 10.1 Å². The minimum atomic E-state index is -0.0725. The Balaban J connectivity index is 2.97. The van der Waals surface area contributed by atoms with Crippen molar-refractivity contribution in [2.45, 2.75) is 13.5 Å². The summed E-state index contributed by atoms with van der Waals surface area (Å²) in [5.41, 5.74) is 2.12. The maximum atomic E-state index is 11.3. The summed E-state index contributed by atoms with van der Waals surface area (Å²) in [6, 6.07) is 3.40. The summed E-state index contributed by atoms with van der Waals surface area (Å²) in [6.45, 7) is 2.19. The third kappa shape index (κ3) is 2.90. The lowest BCUT2D eigenvalue weighted by Gasteiger charge is -2.03. The summed E-state index contributed by atoms with van der Waals surface area (Å²) in [4.78, 5) is 11.3. The Morgan fingerprint density at radius 3 is 2.92 bits per heavy atom. The number of aromatic nitrogens is 1. The SMILES string of the molecule is Cc1ccn(C/C(Cl)=C/Cl)c(=O)c1. The van der Waals surface area contributed by atoms with Crippen LogP contribution in [0.5, 0.6) is 0 Å². The Kier molecular flexibility index (Phi) is 3.58. The summed E-state index contributed by atoms with van der Waals surface area (Å²) in [5, 5.41) is 0.438. The molecule has 0 saturated heterocycles. The zero-order valence-electron chi connectivity index (χ0n) is 7.13. The van der Waals surface area contributed by atoms with Crippen LogP contribution in [0.4, 0.5) is 0 Å². The van der Waals surface area contributed by atoms with Crippen LogP contribution in [0.1, 0.15) is 5.56 Å². The van der Waals surface area contributed by atoms with Crippen molar-refractivity contribution in [1.29, 1.82) is 0 Å². The molecule has 0 aromatic carbocycles. The largest absolute Gasteiger partial charge is 0.310 e. The zero-order chi connectivity index (χ0) is 9.84. The van der Waals surface area contributed by atoms with Gasteiger partial charge in [-0.2, -0.15) is 0 Å². The van der Waals surface area contributed by atoms with E-state index in [1.807, 2.05) is 13.0 Å². The van der Waals surface area contributed by atoms with Gasteiger partial charge in [0.1, 0.15) is 0 Å². The molecule has 1 rings (SSSR count). The predicted octanol–water partition coefficient (Wildman–Crippen LogP) is 2.48. The van der Waals surface area contributed by atoms with E-state index in [1.54, 1.807) is 12.3 Å². The fourth-order valence-electron chi connectivity index (χ4n) is 0.935. The van der Waals surface area contributed by atoms with Crippen LogP contribution >= 0.6 is 23.2 Å². The lowest BCUT2D eigenvalue weighted by Crippen LogP contribution is -2.18. The summed E-state index contributed by atoms with van der Waals surface area (Å²) in [7, 11) is 0. The average molecular weight is 218 g/mol. The lowest BCUT2D eigenvalue weighted by molar-refractivity contribution is 0.768. The van der Waals surface area contributed by atoms with Gasteiger partial charge in [-0.25, -0.2) is 0 Å². The highest BCUT2D eigenvalue weighted by Gasteiger charge is 1.97. The number of pyridine rings is 1. The molecule has 0 atom stereocenters. The van der Waals surface area contributed by atoms with Gasteiger partial charge in [0.15, 0.2) is 0 Å². The molecule has 4 heteroatoms. The molecule has 0 spiro atoms. The van der Waals surface area contributed by atoms with E-state index in [0.717, 1.165) is 5.56 Å². The van der Waals surface area contributed by atoms with Crippen LogP contribution in [0.2, 0.25) is 0 Å².